The molecule has 0 saturated carbocycles. The molecule has 3 fully saturated rings. The number of ether oxygens (including phenoxy) is 1. The number of anilines is 2. The molecule has 10 heteroatoms. The van der Waals surface area contributed by atoms with Gasteiger partial charge in [0.25, 0.3) is 0 Å². The lowest BCUT2D eigenvalue weighted by Crippen LogP contribution is -2.31. The molecule has 0 amide bonds. The molecule has 156 valence electrons. The Kier molecular flexibility index (Phi) is 5.24. The molecule has 3 N–H and O–H groups in total. The van der Waals surface area contributed by atoms with Crippen LogP contribution in [0, 0.1) is 23.5 Å². The Bertz CT molecular complexity index is 808. The van der Waals surface area contributed by atoms with Crippen molar-refractivity contribution in [3.63, 3.8) is 0 Å². The molecule has 0 radical (unpaired) electrons. The predicted molar refractivity (Wildman–Crippen MR) is 101 cm³/mol. The highest BCUT2D eigenvalue weighted by molar-refractivity contribution is 7.91. The molecule has 3 aliphatic heterocycles. The lowest BCUT2D eigenvalue weighted by atomic mass is 9.92. The van der Waals surface area contributed by atoms with E-state index in [9.17, 15) is 22.3 Å². The molecular formula is C18H25F2N3O4S. The molecule has 7 nitrogen and oxygen atoms in total. The lowest BCUT2D eigenvalue weighted by Gasteiger charge is -2.24. The minimum absolute atomic E-state index is 0.0929. The van der Waals surface area contributed by atoms with Crippen molar-refractivity contribution in [2.75, 3.05) is 47.5 Å². The Morgan fingerprint density at radius 1 is 1.11 bits per heavy atom. The fraction of sp³-hybridized carbons (Fsp3) is 0.667. The Hall–Kier alpha value is -1.49. The monoisotopic (exact) mass is 417 g/mol. The minimum Gasteiger partial charge on any atom is -0.366 e. The number of fused-ring (bicyclic) bond motifs is 1. The second-order valence-electron chi connectivity index (χ2n) is 7.88. The van der Waals surface area contributed by atoms with Gasteiger partial charge in [0.15, 0.2) is 11.6 Å². The maximum atomic E-state index is 14.9. The molecular weight excluding hydrogens is 392 g/mol. The van der Waals surface area contributed by atoms with Crippen LogP contribution in [0.4, 0.5) is 20.2 Å². The van der Waals surface area contributed by atoms with E-state index in [0.29, 0.717) is 25.9 Å². The smallest absolute Gasteiger partial charge is 0.238 e. The average molecular weight is 417 g/mol. The van der Waals surface area contributed by atoms with Crippen LogP contribution in [0.15, 0.2) is 12.1 Å². The van der Waals surface area contributed by atoms with Crippen LogP contribution in [0.2, 0.25) is 0 Å². The topological polar surface area (TPSA) is 96.1 Å². The van der Waals surface area contributed by atoms with Gasteiger partial charge in [-0.05, 0) is 36.8 Å². The zero-order valence-electron chi connectivity index (χ0n) is 15.4. The second-order valence-corrected chi connectivity index (χ2v) is 10.2. The van der Waals surface area contributed by atoms with Gasteiger partial charge >= 0.3 is 0 Å². The molecule has 0 aromatic heterocycles. The van der Waals surface area contributed by atoms with E-state index in [1.165, 1.54) is 17.0 Å². The van der Waals surface area contributed by atoms with Crippen LogP contribution in [0.1, 0.15) is 12.8 Å². The standard InChI is InChI=1S/C18H25F2N3O4S/c19-15-5-13(23-10-14(7-21)27-18(23)24)6-16(20)17(15)22-8-11-1-3-28(25,26)4-2-12(11)9-22/h5-6,11-12,14,18,24H,1-4,7-10,21H2/t11?,12?,14-,18?/m0/s1. The largest absolute Gasteiger partial charge is 0.366 e. The van der Waals surface area contributed by atoms with E-state index in [2.05, 4.69) is 0 Å². The first-order chi connectivity index (χ1) is 13.3. The molecule has 3 aliphatic rings. The van der Waals surface area contributed by atoms with Gasteiger partial charge in [-0.25, -0.2) is 17.2 Å². The highest BCUT2D eigenvalue weighted by atomic mass is 32.2. The lowest BCUT2D eigenvalue weighted by molar-refractivity contribution is -0.0855. The van der Waals surface area contributed by atoms with Gasteiger partial charge in [0.05, 0.1) is 24.2 Å². The zero-order chi connectivity index (χ0) is 20.1. The van der Waals surface area contributed by atoms with E-state index in [1.54, 1.807) is 4.90 Å². The molecule has 4 rings (SSSR count). The van der Waals surface area contributed by atoms with Crippen LogP contribution in [0.3, 0.4) is 0 Å². The summed E-state index contributed by atoms with van der Waals surface area (Å²) < 4.78 is 58.6. The minimum atomic E-state index is -3.00. The molecule has 1 aromatic rings. The first kappa shape index (κ1) is 19.8. The number of aliphatic hydroxyl groups excluding tert-OH is 1. The van der Waals surface area contributed by atoms with Crippen molar-refractivity contribution >= 4 is 21.2 Å². The molecule has 28 heavy (non-hydrogen) atoms. The van der Waals surface area contributed by atoms with Gasteiger partial charge in [-0.15, -0.1) is 0 Å². The van der Waals surface area contributed by atoms with E-state index < -0.39 is 34.0 Å². The summed E-state index contributed by atoms with van der Waals surface area (Å²) in [5.41, 5.74) is 5.64. The number of sulfone groups is 1. The van der Waals surface area contributed by atoms with Crippen molar-refractivity contribution in [2.24, 2.45) is 17.6 Å². The van der Waals surface area contributed by atoms with Crippen molar-refractivity contribution in [1.29, 1.82) is 0 Å². The van der Waals surface area contributed by atoms with Crippen LogP contribution >= 0.6 is 0 Å². The quantitative estimate of drug-likeness (QED) is 0.746. The van der Waals surface area contributed by atoms with E-state index in [-0.39, 0.29) is 47.8 Å². The van der Waals surface area contributed by atoms with Crippen LogP contribution in [0.5, 0.6) is 0 Å². The number of hydrogen-bond acceptors (Lipinski definition) is 7. The number of hydrogen-bond donors (Lipinski definition) is 2. The zero-order valence-corrected chi connectivity index (χ0v) is 16.2. The number of rotatable bonds is 3. The Labute approximate surface area is 163 Å². The average Bonchev–Trinajstić information content (AvgIpc) is 3.17. The van der Waals surface area contributed by atoms with Crippen LogP contribution < -0.4 is 15.5 Å². The van der Waals surface area contributed by atoms with Gasteiger partial charge in [-0.1, -0.05) is 0 Å². The molecule has 0 aliphatic carbocycles. The van der Waals surface area contributed by atoms with Crippen molar-refractivity contribution in [3.8, 4) is 0 Å². The van der Waals surface area contributed by atoms with Gasteiger partial charge in [-0.2, -0.15) is 0 Å². The van der Waals surface area contributed by atoms with Gasteiger partial charge < -0.3 is 25.4 Å². The number of aliphatic hydroxyl groups is 1. The second kappa shape index (κ2) is 7.40. The molecule has 0 spiro atoms. The third-order valence-electron chi connectivity index (χ3n) is 6.07. The maximum Gasteiger partial charge on any atom is 0.238 e. The van der Waals surface area contributed by atoms with E-state index >= 15 is 0 Å². The highest BCUT2D eigenvalue weighted by Crippen LogP contribution is 2.38. The van der Waals surface area contributed by atoms with E-state index in [1.807, 2.05) is 0 Å². The van der Waals surface area contributed by atoms with Crippen LogP contribution in [-0.2, 0) is 14.6 Å². The Morgan fingerprint density at radius 3 is 2.18 bits per heavy atom. The van der Waals surface area contributed by atoms with E-state index in [4.69, 9.17) is 10.5 Å². The fourth-order valence-corrected chi connectivity index (χ4v) is 6.05. The number of nitrogens with two attached hydrogens (primary N) is 1. The normalized spacial score (nSPS) is 32.4. The summed E-state index contributed by atoms with van der Waals surface area (Å²) in [5, 5.41) is 9.96. The third kappa shape index (κ3) is 3.70. The molecule has 1 aromatic carbocycles. The summed E-state index contributed by atoms with van der Waals surface area (Å²) in [4.78, 5) is 3.05. The van der Waals surface area contributed by atoms with Crippen molar-refractivity contribution < 1.29 is 27.0 Å². The number of nitrogens with zero attached hydrogens (tertiary/aromatic N) is 2. The van der Waals surface area contributed by atoms with Gasteiger partial charge in [-0.3, -0.25) is 0 Å². The molecule has 4 atom stereocenters. The van der Waals surface area contributed by atoms with Crippen molar-refractivity contribution in [2.45, 2.75) is 25.4 Å². The summed E-state index contributed by atoms with van der Waals surface area (Å²) in [7, 11) is -3.00. The molecule has 3 heterocycles. The maximum absolute atomic E-state index is 14.9. The molecule has 0 bridgehead atoms. The summed E-state index contributed by atoms with van der Waals surface area (Å²) in [5.74, 6) is -0.892. The highest BCUT2D eigenvalue weighted by Gasteiger charge is 2.39. The van der Waals surface area contributed by atoms with Crippen LogP contribution in [0.25, 0.3) is 0 Å². The molecule has 3 unspecified atom stereocenters. The molecule has 3 saturated heterocycles. The van der Waals surface area contributed by atoms with Crippen molar-refractivity contribution in [1.82, 2.24) is 0 Å². The van der Waals surface area contributed by atoms with E-state index in [0.717, 1.165) is 0 Å². The number of halogens is 2. The summed E-state index contributed by atoms with van der Waals surface area (Å²) >= 11 is 0. The third-order valence-corrected chi connectivity index (χ3v) is 7.78. The first-order valence-corrected chi connectivity index (χ1v) is 11.3. The van der Waals surface area contributed by atoms with Gasteiger partial charge in [0, 0.05) is 25.3 Å². The van der Waals surface area contributed by atoms with Crippen molar-refractivity contribution in [3.05, 3.63) is 23.8 Å². The fourth-order valence-electron chi connectivity index (χ4n) is 4.52. The first-order valence-electron chi connectivity index (χ1n) is 9.52. The Balaban J connectivity index is 1.54. The summed E-state index contributed by atoms with van der Waals surface area (Å²) in [6, 6.07) is 2.39. The van der Waals surface area contributed by atoms with Gasteiger partial charge in [0.1, 0.15) is 15.5 Å². The SMILES string of the molecule is NC[C@H]1CN(c2cc(F)c(N3CC4CCS(=O)(=O)CCC4C3)c(F)c2)C(O)O1. The predicted octanol–water partition coefficient (Wildman–Crippen LogP) is 0.666. The summed E-state index contributed by atoms with van der Waals surface area (Å²) in [6.07, 6.45) is -0.633. The van der Waals surface area contributed by atoms with Gasteiger partial charge in [0.2, 0.25) is 6.41 Å². The van der Waals surface area contributed by atoms with Crippen LogP contribution in [-0.4, -0.2) is 63.7 Å². The Morgan fingerprint density at radius 2 is 1.68 bits per heavy atom. The summed E-state index contributed by atoms with van der Waals surface area (Å²) in [6.45, 7) is 1.33. The number of benzene rings is 1.